The summed E-state index contributed by atoms with van der Waals surface area (Å²) in [6, 6.07) is 14.2. The zero-order valence-corrected chi connectivity index (χ0v) is 21.7. The maximum atomic E-state index is 13.7. The van der Waals surface area contributed by atoms with Gasteiger partial charge in [-0.3, -0.25) is 4.79 Å². The monoisotopic (exact) mass is 524 g/mol. The fourth-order valence-corrected chi connectivity index (χ4v) is 6.42. The number of rotatable bonds is 5. The van der Waals surface area contributed by atoms with Crippen LogP contribution in [0.3, 0.4) is 0 Å². The zero-order valence-electron chi connectivity index (χ0n) is 20.1. The van der Waals surface area contributed by atoms with Crippen LogP contribution in [0.5, 0.6) is 5.75 Å². The van der Waals surface area contributed by atoms with Crippen LogP contribution in [0.2, 0.25) is 5.02 Å². The van der Waals surface area contributed by atoms with Gasteiger partial charge in [0.25, 0.3) is 5.91 Å². The standard InChI is InChI=1S/C26H25ClN4O4S/c1-15-4-6-17(7-5-15)21-13-20(26(32)29-22-12-18(27)8-9-23(22)35-3)24-16(2)30-31(25(24)28-21)19-10-11-36(33,34)14-19/h4-9,12-13,19H,10-11,14H2,1-3H3,(H,29,32). The molecule has 1 fully saturated rings. The maximum absolute atomic E-state index is 13.7. The molecule has 0 aliphatic carbocycles. The van der Waals surface area contributed by atoms with Crippen molar-refractivity contribution < 1.29 is 17.9 Å². The van der Waals surface area contributed by atoms with Gasteiger partial charge < -0.3 is 10.1 Å². The summed E-state index contributed by atoms with van der Waals surface area (Å²) in [5, 5.41) is 8.59. The van der Waals surface area contributed by atoms with Gasteiger partial charge >= 0.3 is 0 Å². The Labute approximate surface area is 214 Å². The molecule has 8 nitrogen and oxygen atoms in total. The zero-order chi connectivity index (χ0) is 25.6. The van der Waals surface area contributed by atoms with Crippen LogP contribution < -0.4 is 10.1 Å². The van der Waals surface area contributed by atoms with E-state index in [1.54, 1.807) is 35.9 Å². The third-order valence-electron chi connectivity index (χ3n) is 6.39. The first-order valence-electron chi connectivity index (χ1n) is 11.5. The summed E-state index contributed by atoms with van der Waals surface area (Å²) in [5.74, 6) is 0.205. The highest BCUT2D eigenvalue weighted by Gasteiger charge is 2.32. The summed E-state index contributed by atoms with van der Waals surface area (Å²) < 4.78 is 31.4. The number of ether oxygens (including phenoxy) is 1. The second kappa shape index (κ2) is 9.22. The van der Waals surface area contributed by atoms with Gasteiger partial charge in [0.05, 0.1) is 52.7 Å². The first kappa shape index (κ1) is 24.3. The second-order valence-corrected chi connectivity index (χ2v) is 11.7. The van der Waals surface area contributed by atoms with Gasteiger partial charge in [-0.05, 0) is 44.5 Å². The second-order valence-electron chi connectivity index (χ2n) is 9.01. The first-order chi connectivity index (χ1) is 17.1. The van der Waals surface area contributed by atoms with Crippen molar-refractivity contribution in [2.45, 2.75) is 26.3 Å². The van der Waals surface area contributed by atoms with E-state index in [1.165, 1.54) is 7.11 Å². The molecule has 1 aliphatic rings. The number of aromatic nitrogens is 3. The van der Waals surface area contributed by atoms with Gasteiger partial charge in [0.1, 0.15) is 5.75 Å². The van der Waals surface area contributed by atoms with Crippen molar-refractivity contribution in [1.29, 1.82) is 0 Å². The smallest absolute Gasteiger partial charge is 0.256 e. The molecule has 4 aromatic rings. The van der Waals surface area contributed by atoms with Crippen molar-refractivity contribution in [1.82, 2.24) is 14.8 Å². The Balaban J connectivity index is 1.68. The van der Waals surface area contributed by atoms with E-state index in [1.807, 2.05) is 31.2 Å². The number of nitrogens with zero attached hydrogens (tertiary/aromatic N) is 3. The molecule has 1 N–H and O–H groups in total. The number of hydrogen-bond acceptors (Lipinski definition) is 6. The Hall–Kier alpha value is -3.43. The third-order valence-corrected chi connectivity index (χ3v) is 8.38. The Morgan fingerprint density at radius 3 is 2.56 bits per heavy atom. The molecule has 186 valence electrons. The molecular weight excluding hydrogens is 500 g/mol. The number of carbonyl (C=O) groups excluding carboxylic acids is 1. The van der Waals surface area contributed by atoms with Crippen molar-refractivity contribution in [3.05, 3.63) is 70.4 Å². The van der Waals surface area contributed by atoms with Crippen molar-refractivity contribution >= 4 is 44.1 Å². The maximum Gasteiger partial charge on any atom is 0.256 e. The highest BCUT2D eigenvalue weighted by Crippen LogP contribution is 2.34. The third kappa shape index (κ3) is 4.56. The molecule has 0 bridgehead atoms. The fraction of sp³-hybridized carbons (Fsp3) is 0.269. The van der Waals surface area contributed by atoms with Gasteiger partial charge in [0.2, 0.25) is 0 Å². The predicted octanol–water partition coefficient (Wildman–Crippen LogP) is 4.99. The SMILES string of the molecule is COc1ccc(Cl)cc1NC(=O)c1cc(-c2ccc(C)cc2)nc2c1c(C)nn2C1CCS(=O)(=O)C1. The lowest BCUT2D eigenvalue weighted by atomic mass is 10.0. The number of carbonyl (C=O) groups is 1. The van der Waals surface area contributed by atoms with Gasteiger partial charge in [-0.15, -0.1) is 0 Å². The molecule has 0 spiro atoms. The molecule has 1 amide bonds. The molecule has 10 heteroatoms. The van der Waals surface area contributed by atoms with Crippen LogP contribution in [-0.2, 0) is 9.84 Å². The molecule has 2 aromatic heterocycles. The quantitative estimate of drug-likeness (QED) is 0.394. The lowest BCUT2D eigenvalue weighted by Crippen LogP contribution is -2.15. The Bertz CT molecular complexity index is 1600. The van der Waals surface area contributed by atoms with Gasteiger partial charge in [0, 0.05) is 10.6 Å². The molecule has 5 rings (SSSR count). The number of anilines is 1. The van der Waals surface area contributed by atoms with Crippen LogP contribution >= 0.6 is 11.6 Å². The summed E-state index contributed by atoms with van der Waals surface area (Å²) in [6.07, 6.45) is 0.455. The average molecular weight is 525 g/mol. The number of fused-ring (bicyclic) bond motifs is 1. The predicted molar refractivity (Wildman–Crippen MR) is 141 cm³/mol. The summed E-state index contributed by atoms with van der Waals surface area (Å²) >= 11 is 6.16. The van der Waals surface area contributed by atoms with E-state index in [2.05, 4.69) is 10.4 Å². The minimum atomic E-state index is -3.14. The summed E-state index contributed by atoms with van der Waals surface area (Å²) in [4.78, 5) is 18.5. The van der Waals surface area contributed by atoms with Crippen LogP contribution in [0.25, 0.3) is 22.3 Å². The van der Waals surface area contributed by atoms with E-state index in [9.17, 15) is 13.2 Å². The van der Waals surface area contributed by atoms with Crippen molar-refractivity contribution in [2.75, 3.05) is 23.9 Å². The number of hydrogen-bond donors (Lipinski definition) is 1. The molecule has 0 radical (unpaired) electrons. The molecule has 3 heterocycles. The van der Waals surface area contributed by atoms with Crippen LogP contribution in [0.15, 0.2) is 48.5 Å². The van der Waals surface area contributed by atoms with Gasteiger partial charge in [0.15, 0.2) is 15.5 Å². The van der Waals surface area contributed by atoms with Crippen molar-refractivity contribution in [3.8, 4) is 17.0 Å². The molecule has 36 heavy (non-hydrogen) atoms. The summed E-state index contributed by atoms with van der Waals surface area (Å²) in [7, 11) is -1.63. The largest absolute Gasteiger partial charge is 0.495 e. The van der Waals surface area contributed by atoms with E-state index in [0.29, 0.717) is 50.9 Å². The lowest BCUT2D eigenvalue weighted by Gasteiger charge is -2.14. The normalized spacial score (nSPS) is 16.8. The Morgan fingerprint density at radius 1 is 1.14 bits per heavy atom. The van der Waals surface area contributed by atoms with Crippen LogP contribution in [-0.4, -0.2) is 47.7 Å². The number of sulfone groups is 1. The fourth-order valence-electron chi connectivity index (χ4n) is 4.55. The van der Waals surface area contributed by atoms with Crippen molar-refractivity contribution in [3.63, 3.8) is 0 Å². The molecule has 1 unspecified atom stereocenters. The highest BCUT2D eigenvalue weighted by atomic mass is 35.5. The molecular formula is C26H25ClN4O4S. The van der Waals surface area contributed by atoms with Crippen LogP contribution in [0.4, 0.5) is 5.69 Å². The van der Waals surface area contributed by atoms with Gasteiger partial charge in [-0.2, -0.15) is 5.10 Å². The number of pyridine rings is 1. The van der Waals surface area contributed by atoms with E-state index in [-0.39, 0.29) is 23.5 Å². The number of nitrogens with one attached hydrogen (secondary N) is 1. The van der Waals surface area contributed by atoms with E-state index >= 15 is 0 Å². The minimum Gasteiger partial charge on any atom is -0.495 e. The molecule has 0 saturated carbocycles. The molecule has 1 saturated heterocycles. The average Bonchev–Trinajstić information content (AvgIpc) is 3.37. The lowest BCUT2D eigenvalue weighted by molar-refractivity contribution is 0.102. The Morgan fingerprint density at radius 2 is 1.89 bits per heavy atom. The Kier molecular flexibility index (Phi) is 6.22. The van der Waals surface area contributed by atoms with E-state index < -0.39 is 9.84 Å². The van der Waals surface area contributed by atoms with Crippen molar-refractivity contribution in [2.24, 2.45) is 0 Å². The van der Waals surface area contributed by atoms with E-state index in [4.69, 9.17) is 21.3 Å². The van der Waals surface area contributed by atoms with Crippen LogP contribution in [0.1, 0.15) is 34.1 Å². The van der Waals surface area contributed by atoms with Crippen LogP contribution in [0, 0.1) is 13.8 Å². The topological polar surface area (TPSA) is 103 Å². The molecule has 2 aromatic carbocycles. The number of aryl methyl sites for hydroxylation is 2. The van der Waals surface area contributed by atoms with E-state index in [0.717, 1.165) is 11.1 Å². The molecule has 1 atom stereocenters. The minimum absolute atomic E-state index is 0.000895. The number of amides is 1. The highest BCUT2D eigenvalue weighted by molar-refractivity contribution is 7.91. The summed E-state index contributed by atoms with van der Waals surface area (Å²) in [5.41, 5.74) is 4.42. The summed E-state index contributed by atoms with van der Waals surface area (Å²) in [6.45, 7) is 3.79. The van der Waals surface area contributed by atoms with Gasteiger partial charge in [-0.25, -0.2) is 18.1 Å². The number of benzene rings is 2. The number of methoxy groups -OCH3 is 1. The molecule has 1 aliphatic heterocycles. The first-order valence-corrected chi connectivity index (χ1v) is 13.7. The number of halogens is 1. The van der Waals surface area contributed by atoms with Gasteiger partial charge in [-0.1, -0.05) is 41.4 Å².